The maximum atomic E-state index is 13.0. The number of aromatic nitrogens is 6. The second-order valence-corrected chi connectivity index (χ2v) is 13.3. The molecule has 2 aliphatic heterocycles. The third-order valence-electron chi connectivity index (χ3n) is 8.76. The molecular weight excluding hydrogens is 768 g/mol. The molecule has 0 amide bonds. The Kier molecular flexibility index (Phi) is 14.6. The van der Waals surface area contributed by atoms with Crippen molar-refractivity contribution >= 4 is 82.3 Å². The molecule has 21 nitrogen and oxygen atoms in total. The Balaban J connectivity index is 0.00000123. The average Bonchev–Trinajstić information content (AvgIpc) is 3.85. The number of hydrogen-bond acceptors (Lipinski definition) is 21. The maximum absolute atomic E-state index is 13.0. The van der Waals surface area contributed by atoms with Crippen LogP contribution in [0, 0.1) is 0 Å². The van der Waals surface area contributed by atoms with Gasteiger partial charge in [-0.15, -0.1) is 0 Å². The fourth-order valence-corrected chi connectivity index (χ4v) is 5.62. The van der Waals surface area contributed by atoms with Gasteiger partial charge in [0.15, 0.2) is 0 Å². The standard InChI is InChI=1S/C34H40N12O8.C4H8O/c1-41(2)29-35-31-39-32(36-29)44(18-26(48)52-6)22-12-10-14-24(16-22)46(20-28(50)54-8)34-38-30(42(3)4)37-33(40-34)45(19-27(49)53-7)23-13-9-11-21(15-23)43(31)17-25(47)51-5;1-2-4-5-3-1/h9-16H,17-20H2,1-8H3;1-4H2. The lowest BCUT2D eigenvalue weighted by Gasteiger charge is -2.30. The van der Waals surface area contributed by atoms with Gasteiger partial charge in [-0.25, -0.2) is 0 Å². The molecule has 0 atom stereocenters. The number of esters is 4. The highest BCUT2D eigenvalue weighted by Gasteiger charge is 2.29. The fourth-order valence-electron chi connectivity index (χ4n) is 5.62. The van der Waals surface area contributed by atoms with Gasteiger partial charge < -0.3 is 33.5 Å². The number of carbonyl (C=O) groups is 4. The van der Waals surface area contributed by atoms with Gasteiger partial charge in [0.2, 0.25) is 35.7 Å². The predicted molar refractivity (Wildman–Crippen MR) is 217 cm³/mol. The Hall–Kier alpha value is -6.90. The van der Waals surface area contributed by atoms with E-state index in [1.807, 2.05) is 0 Å². The van der Waals surface area contributed by atoms with E-state index in [-0.39, 0.29) is 61.9 Å². The number of anilines is 10. The van der Waals surface area contributed by atoms with Crippen LogP contribution in [0.1, 0.15) is 12.8 Å². The van der Waals surface area contributed by atoms with Crippen LogP contribution in [0.2, 0.25) is 0 Å². The fraction of sp³-hybridized carbons (Fsp3) is 0.421. The molecule has 314 valence electrons. The number of carbonyl (C=O) groups excluding carboxylic acids is 4. The molecule has 59 heavy (non-hydrogen) atoms. The Labute approximate surface area is 341 Å². The first-order chi connectivity index (χ1) is 28.3. The molecule has 8 bridgehead atoms. The number of hydrogen-bond donors (Lipinski definition) is 0. The zero-order valence-corrected chi connectivity index (χ0v) is 34.3. The Bertz CT molecular complexity index is 1850. The molecule has 2 aliphatic rings. The molecule has 2 aromatic carbocycles. The van der Waals surface area contributed by atoms with Crippen LogP contribution in [0.3, 0.4) is 0 Å². The minimum absolute atomic E-state index is 0.0218. The van der Waals surface area contributed by atoms with Gasteiger partial charge in [0.1, 0.15) is 26.2 Å². The summed E-state index contributed by atoms with van der Waals surface area (Å²) in [6, 6.07) is 13.6. The van der Waals surface area contributed by atoms with Crippen molar-refractivity contribution < 1.29 is 42.9 Å². The van der Waals surface area contributed by atoms with Gasteiger partial charge >= 0.3 is 23.9 Å². The topological polar surface area (TPSA) is 211 Å². The quantitative estimate of drug-likeness (QED) is 0.166. The van der Waals surface area contributed by atoms with E-state index in [0.717, 1.165) is 13.2 Å². The zero-order chi connectivity index (χ0) is 42.6. The number of methoxy groups -OCH3 is 4. The van der Waals surface area contributed by atoms with Crippen molar-refractivity contribution in [2.24, 2.45) is 0 Å². The Morgan fingerprint density at radius 2 is 0.780 bits per heavy atom. The number of fused-ring (bicyclic) bond motifs is 8. The predicted octanol–water partition coefficient (Wildman–Crippen LogP) is 2.54. The van der Waals surface area contributed by atoms with E-state index in [4.69, 9.17) is 33.7 Å². The van der Waals surface area contributed by atoms with Crippen LogP contribution >= 0.6 is 0 Å². The summed E-state index contributed by atoms with van der Waals surface area (Å²) in [6.45, 7) is 0.623. The second-order valence-electron chi connectivity index (χ2n) is 13.3. The SMILES string of the molecule is C1CCOC1.COC(=O)CN1c2cccc(c2)N(CC(=O)OC)c2nc(N(C)C)nc(n2)N(CC(=O)OC)c2cccc(c2)N(CC(=O)OC)c2nc(N(C)C)nc1n2. The molecule has 0 N–H and O–H groups in total. The van der Waals surface area contributed by atoms with E-state index in [0.29, 0.717) is 22.7 Å². The summed E-state index contributed by atoms with van der Waals surface area (Å²) >= 11 is 0. The van der Waals surface area contributed by atoms with Crippen molar-refractivity contribution in [3.8, 4) is 0 Å². The van der Waals surface area contributed by atoms with Gasteiger partial charge in [-0.3, -0.25) is 38.8 Å². The molecule has 2 aromatic heterocycles. The Morgan fingerprint density at radius 1 is 0.508 bits per heavy atom. The minimum Gasteiger partial charge on any atom is -0.468 e. The summed E-state index contributed by atoms with van der Waals surface area (Å²) in [7, 11) is 11.9. The molecular formula is C38H48N12O9. The van der Waals surface area contributed by atoms with E-state index in [9.17, 15) is 19.2 Å². The summed E-state index contributed by atoms with van der Waals surface area (Å²) < 4.78 is 25.2. The maximum Gasteiger partial charge on any atom is 0.325 e. The van der Waals surface area contributed by atoms with Gasteiger partial charge in [0.05, 0.1) is 28.4 Å². The highest BCUT2D eigenvalue weighted by atomic mass is 16.5. The number of nitrogens with zero attached hydrogens (tertiary/aromatic N) is 12. The molecule has 0 aliphatic carbocycles. The average molecular weight is 817 g/mol. The van der Waals surface area contributed by atoms with E-state index < -0.39 is 23.9 Å². The number of ether oxygens (including phenoxy) is 5. The first kappa shape index (κ1) is 43.2. The van der Waals surface area contributed by atoms with Crippen LogP contribution in [0.15, 0.2) is 48.5 Å². The van der Waals surface area contributed by atoms with Gasteiger partial charge in [-0.1, -0.05) is 12.1 Å². The van der Waals surface area contributed by atoms with E-state index in [1.54, 1.807) is 86.5 Å². The highest BCUT2D eigenvalue weighted by molar-refractivity contribution is 5.85. The molecule has 4 heterocycles. The summed E-state index contributed by atoms with van der Waals surface area (Å²) in [6.07, 6.45) is 2.56. The van der Waals surface area contributed by atoms with Crippen molar-refractivity contribution in [2.75, 3.05) is 125 Å². The van der Waals surface area contributed by atoms with Crippen LogP contribution in [0.4, 0.5) is 58.4 Å². The van der Waals surface area contributed by atoms with Gasteiger partial charge in [0.25, 0.3) is 0 Å². The molecule has 0 unspecified atom stereocenters. The summed E-state index contributed by atoms with van der Waals surface area (Å²) in [5, 5.41) is 0. The first-order valence-electron chi connectivity index (χ1n) is 18.4. The monoisotopic (exact) mass is 816 g/mol. The number of rotatable bonds is 10. The first-order valence-corrected chi connectivity index (χ1v) is 18.4. The van der Waals surface area contributed by atoms with Crippen LogP contribution in [-0.2, 0) is 42.9 Å². The lowest BCUT2D eigenvalue weighted by Crippen LogP contribution is -2.33. The lowest BCUT2D eigenvalue weighted by atomic mass is 10.2. The normalized spacial score (nSPS) is 13.2. The van der Waals surface area contributed by atoms with E-state index in [1.165, 1.54) is 60.9 Å². The van der Waals surface area contributed by atoms with Crippen LogP contribution < -0.4 is 29.4 Å². The minimum atomic E-state index is -0.614. The molecule has 1 saturated heterocycles. The third kappa shape index (κ3) is 10.9. The van der Waals surface area contributed by atoms with Crippen molar-refractivity contribution in [1.29, 1.82) is 0 Å². The summed E-state index contributed by atoms with van der Waals surface area (Å²) in [4.78, 5) is 89.3. The van der Waals surface area contributed by atoms with Gasteiger partial charge in [-0.2, -0.15) is 29.9 Å². The lowest BCUT2D eigenvalue weighted by molar-refractivity contribution is -0.139. The third-order valence-corrected chi connectivity index (χ3v) is 8.76. The van der Waals surface area contributed by atoms with Crippen molar-refractivity contribution in [3.05, 3.63) is 48.5 Å². The zero-order valence-electron chi connectivity index (χ0n) is 34.3. The molecule has 0 radical (unpaired) electrons. The van der Waals surface area contributed by atoms with E-state index >= 15 is 0 Å². The molecule has 4 aromatic rings. The smallest absolute Gasteiger partial charge is 0.325 e. The summed E-state index contributed by atoms with van der Waals surface area (Å²) in [5.74, 6) is -1.99. The molecule has 0 saturated carbocycles. The molecule has 1 fully saturated rings. The van der Waals surface area contributed by atoms with Crippen molar-refractivity contribution in [1.82, 2.24) is 29.9 Å². The largest absolute Gasteiger partial charge is 0.468 e. The van der Waals surface area contributed by atoms with Crippen LogP contribution in [0.5, 0.6) is 0 Å². The van der Waals surface area contributed by atoms with Crippen molar-refractivity contribution in [3.63, 3.8) is 0 Å². The van der Waals surface area contributed by atoms with Crippen LogP contribution in [0.25, 0.3) is 0 Å². The Morgan fingerprint density at radius 3 is 0.983 bits per heavy atom. The molecule has 0 spiro atoms. The highest BCUT2D eigenvalue weighted by Crippen LogP contribution is 2.36. The molecule has 6 rings (SSSR count). The second kappa shape index (κ2) is 20.0. The van der Waals surface area contributed by atoms with Crippen LogP contribution in [-0.4, -0.2) is 150 Å². The van der Waals surface area contributed by atoms with Gasteiger partial charge in [0, 0.05) is 64.2 Å². The molecule has 21 heteroatoms. The summed E-state index contributed by atoms with van der Waals surface area (Å²) in [5.41, 5.74) is 1.60. The van der Waals surface area contributed by atoms with Crippen molar-refractivity contribution in [2.45, 2.75) is 12.8 Å². The van der Waals surface area contributed by atoms with Gasteiger partial charge in [-0.05, 0) is 49.2 Å². The number of benzene rings is 2. The van der Waals surface area contributed by atoms with E-state index in [2.05, 4.69) is 19.9 Å².